The number of guanidine groups is 1. The molecule has 4 heteroatoms. The van der Waals surface area contributed by atoms with E-state index in [9.17, 15) is 0 Å². The molecule has 2 aliphatic carbocycles. The Bertz CT molecular complexity index is 465. The third kappa shape index (κ3) is 3.19. The van der Waals surface area contributed by atoms with E-state index in [0.29, 0.717) is 30.6 Å². The first kappa shape index (κ1) is 12.3. The van der Waals surface area contributed by atoms with E-state index in [0.717, 1.165) is 12.2 Å². The van der Waals surface area contributed by atoms with Crippen LogP contribution < -0.4 is 15.8 Å². The van der Waals surface area contributed by atoms with Crippen molar-refractivity contribution in [3.05, 3.63) is 29.8 Å². The third-order valence-corrected chi connectivity index (χ3v) is 3.61. The lowest BCUT2D eigenvalue weighted by molar-refractivity contribution is 0.340. The van der Waals surface area contributed by atoms with Crippen molar-refractivity contribution < 1.29 is 4.74 Å². The Morgan fingerprint density at radius 3 is 2.74 bits per heavy atom. The average Bonchev–Trinajstić information content (AvgIpc) is 3.28. The van der Waals surface area contributed by atoms with Crippen LogP contribution >= 0.6 is 0 Å². The molecule has 0 heterocycles. The number of aliphatic imine (C=N–C) groups is 1. The van der Waals surface area contributed by atoms with Crippen molar-refractivity contribution in [2.45, 2.75) is 44.2 Å². The molecule has 0 aromatic heterocycles. The van der Waals surface area contributed by atoms with E-state index in [2.05, 4.69) is 22.4 Å². The van der Waals surface area contributed by atoms with E-state index in [1.165, 1.54) is 18.4 Å². The molecule has 3 N–H and O–H groups in total. The second-order valence-corrected chi connectivity index (χ2v) is 5.34. The molecule has 2 aliphatic rings. The van der Waals surface area contributed by atoms with Crippen LogP contribution in [-0.4, -0.2) is 24.7 Å². The van der Waals surface area contributed by atoms with Crippen LogP contribution in [0.25, 0.3) is 0 Å². The molecule has 1 aromatic rings. The minimum atomic E-state index is 0.351. The normalized spacial score (nSPS) is 26.1. The lowest BCUT2D eigenvalue weighted by Gasteiger charge is -2.05. The molecular weight excluding hydrogens is 238 g/mol. The molecule has 2 atom stereocenters. The van der Waals surface area contributed by atoms with Crippen molar-refractivity contribution in [3.63, 3.8) is 0 Å². The largest absolute Gasteiger partial charge is 0.494 e. The van der Waals surface area contributed by atoms with Crippen molar-refractivity contribution in [2.75, 3.05) is 6.61 Å². The van der Waals surface area contributed by atoms with E-state index >= 15 is 0 Å². The molecule has 0 bridgehead atoms. The van der Waals surface area contributed by atoms with Gasteiger partial charge in [-0.2, -0.15) is 0 Å². The van der Waals surface area contributed by atoms with Crippen LogP contribution in [0.2, 0.25) is 0 Å². The monoisotopic (exact) mass is 259 g/mol. The molecule has 0 saturated heterocycles. The third-order valence-electron chi connectivity index (χ3n) is 3.61. The second kappa shape index (κ2) is 5.11. The zero-order valence-corrected chi connectivity index (χ0v) is 11.3. The molecule has 1 aromatic carbocycles. The van der Waals surface area contributed by atoms with Crippen LogP contribution in [0.15, 0.2) is 29.3 Å². The van der Waals surface area contributed by atoms with Gasteiger partial charge >= 0.3 is 0 Å². The Morgan fingerprint density at radius 1 is 1.37 bits per heavy atom. The van der Waals surface area contributed by atoms with E-state index in [4.69, 9.17) is 10.5 Å². The number of nitrogens with one attached hydrogen (secondary N) is 1. The van der Waals surface area contributed by atoms with Gasteiger partial charge in [0.1, 0.15) is 5.75 Å². The Labute approximate surface area is 114 Å². The van der Waals surface area contributed by atoms with Gasteiger partial charge in [0.2, 0.25) is 0 Å². The second-order valence-electron chi connectivity index (χ2n) is 5.34. The average molecular weight is 259 g/mol. The van der Waals surface area contributed by atoms with Crippen molar-refractivity contribution in [1.82, 2.24) is 5.32 Å². The maximum atomic E-state index is 5.88. The van der Waals surface area contributed by atoms with Gasteiger partial charge in [-0.15, -0.1) is 0 Å². The van der Waals surface area contributed by atoms with Gasteiger partial charge in [0.15, 0.2) is 5.96 Å². The van der Waals surface area contributed by atoms with E-state index < -0.39 is 0 Å². The summed E-state index contributed by atoms with van der Waals surface area (Å²) in [5.41, 5.74) is 7.21. The number of nitrogens with two attached hydrogens (primary N) is 1. The highest BCUT2D eigenvalue weighted by atomic mass is 16.5. The molecule has 19 heavy (non-hydrogen) atoms. The van der Waals surface area contributed by atoms with Gasteiger partial charge < -0.3 is 15.8 Å². The smallest absolute Gasteiger partial charge is 0.189 e. The van der Waals surface area contributed by atoms with Gasteiger partial charge in [0.25, 0.3) is 0 Å². The maximum absolute atomic E-state index is 5.88. The van der Waals surface area contributed by atoms with E-state index in [-0.39, 0.29) is 0 Å². The number of hydrogen-bond donors (Lipinski definition) is 2. The molecule has 0 aliphatic heterocycles. The van der Waals surface area contributed by atoms with Crippen LogP contribution in [0.4, 0.5) is 0 Å². The first-order chi connectivity index (χ1) is 9.26. The highest BCUT2D eigenvalue weighted by Gasteiger charge is 2.38. The predicted molar refractivity (Wildman–Crippen MR) is 76.5 cm³/mol. The molecule has 2 fully saturated rings. The topological polar surface area (TPSA) is 59.6 Å². The van der Waals surface area contributed by atoms with Crippen molar-refractivity contribution in [3.8, 4) is 5.75 Å². The summed E-state index contributed by atoms with van der Waals surface area (Å²) in [6, 6.07) is 9.26. The molecule has 0 amide bonds. The standard InChI is InChI=1S/C15H21N3O/c1-2-19-12-7-3-10(4-8-12)13-9-14(13)18-15(16)17-11-5-6-11/h3-4,7-8,11,13-14H,2,5-6,9H2,1H3,(H3,16,17,18)/t13-,14+/m0/s1. The summed E-state index contributed by atoms with van der Waals surface area (Å²) in [5, 5.41) is 3.23. The highest BCUT2D eigenvalue weighted by molar-refractivity contribution is 5.79. The summed E-state index contributed by atoms with van der Waals surface area (Å²) in [6.45, 7) is 2.70. The van der Waals surface area contributed by atoms with Gasteiger partial charge in [0, 0.05) is 12.0 Å². The number of benzene rings is 1. The minimum absolute atomic E-state index is 0.351. The molecule has 3 rings (SSSR count). The molecule has 4 nitrogen and oxygen atoms in total. The lowest BCUT2D eigenvalue weighted by atomic mass is 10.1. The quantitative estimate of drug-likeness (QED) is 0.628. The fourth-order valence-corrected chi connectivity index (χ4v) is 2.31. The van der Waals surface area contributed by atoms with Crippen LogP contribution in [0.3, 0.4) is 0 Å². The summed E-state index contributed by atoms with van der Waals surface area (Å²) in [5.74, 6) is 2.07. The molecule has 0 spiro atoms. The van der Waals surface area contributed by atoms with Crippen LogP contribution in [0.5, 0.6) is 5.75 Å². The highest BCUT2D eigenvalue weighted by Crippen LogP contribution is 2.43. The Kier molecular flexibility index (Phi) is 3.32. The predicted octanol–water partition coefficient (Wildman–Crippen LogP) is 2.01. The summed E-state index contributed by atoms with van der Waals surface area (Å²) < 4.78 is 5.45. The van der Waals surface area contributed by atoms with Crippen molar-refractivity contribution in [2.24, 2.45) is 10.7 Å². The summed E-state index contributed by atoms with van der Waals surface area (Å²) in [7, 11) is 0. The van der Waals surface area contributed by atoms with E-state index in [1.54, 1.807) is 0 Å². The van der Waals surface area contributed by atoms with Gasteiger partial charge in [0.05, 0.1) is 12.6 Å². The van der Waals surface area contributed by atoms with Gasteiger partial charge in [-0.1, -0.05) is 12.1 Å². The van der Waals surface area contributed by atoms with Crippen LogP contribution in [0.1, 0.15) is 37.7 Å². The zero-order valence-electron chi connectivity index (χ0n) is 11.3. The number of nitrogens with zero attached hydrogens (tertiary/aromatic N) is 1. The fraction of sp³-hybridized carbons (Fsp3) is 0.533. The summed E-state index contributed by atoms with van der Waals surface area (Å²) >= 11 is 0. The van der Waals surface area contributed by atoms with Gasteiger partial charge in [-0.05, 0) is 43.9 Å². The first-order valence-electron chi connectivity index (χ1n) is 7.09. The molecule has 102 valence electrons. The molecule has 2 saturated carbocycles. The van der Waals surface area contributed by atoms with Crippen molar-refractivity contribution >= 4 is 5.96 Å². The zero-order chi connectivity index (χ0) is 13.2. The molecule has 0 radical (unpaired) electrons. The Morgan fingerprint density at radius 2 is 2.11 bits per heavy atom. The Balaban J connectivity index is 1.56. The molecule has 0 unspecified atom stereocenters. The minimum Gasteiger partial charge on any atom is -0.494 e. The summed E-state index contributed by atoms with van der Waals surface area (Å²) in [6.07, 6.45) is 3.55. The lowest BCUT2D eigenvalue weighted by Crippen LogP contribution is -2.33. The summed E-state index contributed by atoms with van der Waals surface area (Å²) in [4.78, 5) is 4.54. The number of ether oxygens (including phenoxy) is 1. The van der Waals surface area contributed by atoms with Crippen LogP contribution in [-0.2, 0) is 0 Å². The Hall–Kier alpha value is -1.71. The van der Waals surface area contributed by atoms with Crippen LogP contribution in [0, 0.1) is 0 Å². The maximum Gasteiger partial charge on any atom is 0.189 e. The van der Waals surface area contributed by atoms with Gasteiger partial charge in [-0.25, -0.2) is 4.99 Å². The van der Waals surface area contributed by atoms with E-state index in [1.807, 2.05) is 19.1 Å². The number of rotatable bonds is 5. The van der Waals surface area contributed by atoms with Crippen molar-refractivity contribution in [1.29, 1.82) is 0 Å². The number of hydrogen-bond acceptors (Lipinski definition) is 2. The fourth-order valence-electron chi connectivity index (χ4n) is 2.31. The SMILES string of the molecule is CCOc1ccc([C@@H]2C[C@H]2N=C(N)NC2CC2)cc1. The molecular formula is C15H21N3O. The first-order valence-corrected chi connectivity index (χ1v) is 7.09. The van der Waals surface area contributed by atoms with Gasteiger partial charge in [-0.3, -0.25) is 0 Å².